The molecule has 0 saturated carbocycles. The molecule has 1 fully saturated rings. The Kier molecular flexibility index (Phi) is 7.28. The van der Waals surface area contributed by atoms with Crippen molar-refractivity contribution in [2.45, 2.75) is 23.8 Å². The second-order valence-corrected chi connectivity index (χ2v) is 5.59. The van der Waals surface area contributed by atoms with E-state index in [-0.39, 0.29) is 18.3 Å². The van der Waals surface area contributed by atoms with E-state index in [1.165, 1.54) is 0 Å². The van der Waals surface area contributed by atoms with Gasteiger partial charge in [0, 0.05) is 24.0 Å². The summed E-state index contributed by atoms with van der Waals surface area (Å²) in [4.78, 5) is 15.2. The van der Waals surface area contributed by atoms with Crippen LogP contribution in [0.2, 0.25) is 0 Å². The Labute approximate surface area is 125 Å². The van der Waals surface area contributed by atoms with Gasteiger partial charge < -0.3 is 10.2 Å². The fourth-order valence-corrected chi connectivity index (χ4v) is 2.99. The van der Waals surface area contributed by atoms with Gasteiger partial charge in [0.05, 0.1) is 5.75 Å². The van der Waals surface area contributed by atoms with Gasteiger partial charge in [-0.2, -0.15) is 0 Å². The number of nitrogens with one attached hydrogen (secondary N) is 1. The summed E-state index contributed by atoms with van der Waals surface area (Å²) in [5, 5.41) is 3.28. The van der Waals surface area contributed by atoms with Crippen LogP contribution < -0.4 is 5.32 Å². The number of nitrogens with zero attached hydrogens (tertiary/aromatic N) is 1. The van der Waals surface area contributed by atoms with E-state index in [4.69, 9.17) is 0 Å². The first-order valence-corrected chi connectivity index (χ1v) is 7.41. The first kappa shape index (κ1) is 16.3. The van der Waals surface area contributed by atoms with Crippen molar-refractivity contribution in [3.8, 4) is 0 Å². The first-order chi connectivity index (χ1) is 8.79. The number of benzene rings is 1. The molecule has 0 aromatic heterocycles. The minimum Gasteiger partial charge on any atom is -0.342 e. The normalized spacial score (nSPS) is 15.9. The largest absolute Gasteiger partial charge is 0.342 e. The minimum atomic E-state index is 0. The highest BCUT2D eigenvalue weighted by Crippen LogP contribution is 2.18. The van der Waals surface area contributed by atoms with Crippen molar-refractivity contribution in [2.24, 2.45) is 0 Å². The van der Waals surface area contributed by atoms with Crippen LogP contribution in [0.4, 0.5) is 0 Å². The highest BCUT2D eigenvalue weighted by atomic mass is 35.5. The van der Waals surface area contributed by atoms with Gasteiger partial charge in [-0.15, -0.1) is 24.2 Å². The number of rotatable bonds is 4. The van der Waals surface area contributed by atoms with Crippen molar-refractivity contribution in [3.05, 3.63) is 30.3 Å². The maximum atomic E-state index is 12.1. The summed E-state index contributed by atoms with van der Waals surface area (Å²) in [6, 6.07) is 10.7. The number of thioether (sulfide) groups is 1. The number of hydrogen-bond donors (Lipinski definition) is 1. The molecule has 1 aliphatic heterocycles. The van der Waals surface area contributed by atoms with Crippen molar-refractivity contribution in [1.29, 1.82) is 0 Å². The lowest BCUT2D eigenvalue weighted by Gasteiger charge is -2.31. The molecule has 3 nitrogen and oxygen atoms in total. The van der Waals surface area contributed by atoms with Crippen LogP contribution in [-0.4, -0.2) is 42.7 Å². The number of hydrogen-bond acceptors (Lipinski definition) is 3. The molecule has 0 unspecified atom stereocenters. The second kappa shape index (κ2) is 8.46. The molecule has 0 bridgehead atoms. The summed E-state index contributed by atoms with van der Waals surface area (Å²) in [6.07, 6.45) is 2.14. The minimum absolute atomic E-state index is 0. The van der Waals surface area contributed by atoms with E-state index >= 15 is 0 Å². The summed E-state index contributed by atoms with van der Waals surface area (Å²) in [5.41, 5.74) is 0. The van der Waals surface area contributed by atoms with Crippen LogP contribution in [-0.2, 0) is 4.79 Å². The topological polar surface area (TPSA) is 32.3 Å². The molecular formula is C14H21ClN2OS. The first-order valence-electron chi connectivity index (χ1n) is 6.42. The van der Waals surface area contributed by atoms with E-state index < -0.39 is 0 Å². The zero-order chi connectivity index (χ0) is 12.8. The molecule has 1 amide bonds. The fraction of sp³-hybridized carbons (Fsp3) is 0.500. The monoisotopic (exact) mass is 300 g/mol. The maximum Gasteiger partial charge on any atom is 0.232 e. The third-order valence-corrected chi connectivity index (χ3v) is 4.36. The summed E-state index contributed by atoms with van der Waals surface area (Å²) < 4.78 is 0. The van der Waals surface area contributed by atoms with E-state index in [1.807, 2.05) is 42.3 Å². The molecular weight excluding hydrogens is 280 g/mol. The SMILES string of the molecule is CNC1CCN(C(=O)CSc2ccccc2)CC1.Cl. The van der Waals surface area contributed by atoms with Gasteiger partial charge in [0.2, 0.25) is 5.91 Å². The number of carbonyl (C=O) groups excluding carboxylic acids is 1. The molecule has 5 heteroatoms. The molecule has 0 radical (unpaired) electrons. The Hall–Kier alpha value is -0.710. The Bertz CT molecular complexity index is 380. The highest BCUT2D eigenvalue weighted by molar-refractivity contribution is 8.00. The van der Waals surface area contributed by atoms with Crippen molar-refractivity contribution in [1.82, 2.24) is 10.2 Å². The molecule has 2 rings (SSSR count). The Morgan fingerprint density at radius 3 is 2.53 bits per heavy atom. The summed E-state index contributed by atoms with van der Waals surface area (Å²) in [5.74, 6) is 0.812. The van der Waals surface area contributed by atoms with Crippen LogP contribution in [0.5, 0.6) is 0 Å². The van der Waals surface area contributed by atoms with Crippen molar-refractivity contribution in [2.75, 3.05) is 25.9 Å². The highest BCUT2D eigenvalue weighted by Gasteiger charge is 2.21. The lowest BCUT2D eigenvalue weighted by molar-refractivity contribution is -0.129. The molecule has 0 spiro atoms. The number of likely N-dealkylation sites (tertiary alicyclic amines) is 1. The van der Waals surface area contributed by atoms with Gasteiger partial charge in [-0.25, -0.2) is 0 Å². The average Bonchev–Trinajstić information content (AvgIpc) is 2.46. The number of amides is 1. The van der Waals surface area contributed by atoms with Crippen LogP contribution in [0.3, 0.4) is 0 Å². The molecule has 0 aliphatic carbocycles. The second-order valence-electron chi connectivity index (χ2n) is 4.55. The Morgan fingerprint density at radius 1 is 1.32 bits per heavy atom. The van der Waals surface area contributed by atoms with Crippen LogP contribution in [0, 0.1) is 0 Å². The van der Waals surface area contributed by atoms with Crippen LogP contribution in [0.1, 0.15) is 12.8 Å². The van der Waals surface area contributed by atoms with E-state index in [0.717, 1.165) is 30.8 Å². The number of halogens is 1. The quantitative estimate of drug-likeness (QED) is 0.867. The summed E-state index contributed by atoms with van der Waals surface area (Å²) in [7, 11) is 1.99. The molecule has 1 N–H and O–H groups in total. The standard InChI is InChI=1S/C14H20N2OS.ClH/c1-15-12-7-9-16(10-8-12)14(17)11-18-13-5-3-2-4-6-13;/h2-6,12,15H,7-11H2,1H3;1H. The van der Waals surface area contributed by atoms with Gasteiger partial charge in [0.15, 0.2) is 0 Å². The van der Waals surface area contributed by atoms with Crippen LogP contribution >= 0.6 is 24.2 Å². The van der Waals surface area contributed by atoms with Gasteiger partial charge in [-0.3, -0.25) is 4.79 Å². The summed E-state index contributed by atoms with van der Waals surface area (Å²) >= 11 is 1.62. The van der Waals surface area contributed by atoms with Gasteiger partial charge in [0.1, 0.15) is 0 Å². The molecule has 1 aromatic carbocycles. The van der Waals surface area contributed by atoms with Crippen LogP contribution in [0.25, 0.3) is 0 Å². The Morgan fingerprint density at radius 2 is 1.95 bits per heavy atom. The van der Waals surface area contributed by atoms with Gasteiger partial charge in [-0.05, 0) is 32.0 Å². The maximum absolute atomic E-state index is 12.1. The van der Waals surface area contributed by atoms with E-state index in [2.05, 4.69) is 5.32 Å². The van der Waals surface area contributed by atoms with Gasteiger partial charge >= 0.3 is 0 Å². The Balaban J connectivity index is 0.00000180. The molecule has 106 valence electrons. The zero-order valence-electron chi connectivity index (χ0n) is 11.2. The van der Waals surface area contributed by atoms with Crippen LogP contribution in [0.15, 0.2) is 35.2 Å². The number of carbonyl (C=O) groups is 1. The molecule has 1 aromatic rings. The molecule has 19 heavy (non-hydrogen) atoms. The third kappa shape index (κ3) is 5.05. The predicted octanol–water partition coefficient (Wildman–Crippen LogP) is 2.41. The smallest absolute Gasteiger partial charge is 0.232 e. The fourth-order valence-electron chi connectivity index (χ4n) is 2.17. The lowest BCUT2D eigenvalue weighted by atomic mass is 10.1. The van der Waals surface area contributed by atoms with Gasteiger partial charge in [0.25, 0.3) is 0 Å². The third-order valence-electron chi connectivity index (χ3n) is 3.36. The number of piperidine rings is 1. The van der Waals surface area contributed by atoms with Crippen molar-refractivity contribution in [3.63, 3.8) is 0 Å². The zero-order valence-corrected chi connectivity index (χ0v) is 12.8. The van der Waals surface area contributed by atoms with Crippen molar-refractivity contribution < 1.29 is 4.79 Å². The molecule has 1 aliphatic rings. The lowest BCUT2D eigenvalue weighted by Crippen LogP contribution is -2.44. The van der Waals surface area contributed by atoms with E-state index in [9.17, 15) is 4.79 Å². The predicted molar refractivity (Wildman–Crippen MR) is 83.1 cm³/mol. The molecule has 1 saturated heterocycles. The van der Waals surface area contributed by atoms with Gasteiger partial charge in [-0.1, -0.05) is 18.2 Å². The van der Waals surface area contributed by atoms with E-state index in [0.29, 0.717) is 11.8 Å². The molecule has 0 atom stereocenters. The molecule has 1 heterocycles. The summed E-state index contributed by atoms with van der Waals surface area (Å²) in [6.45, 7) is 1.78. The van der Waals surface area contributed by atoms with Crippen molar-refractivity contribution >= 4 is 30.1 Å². The van der Waals surface area contributed by atoms with E-state index in [1.54, 1.807) is 11.8 Å². The average molecular weight is 301 g/mol.